The Labute approximate surface area is 244 Å². The number of hydrogen-bond donors (Lipinski definition) is 1. The van der Waals surface area contributed by atoms with Gasteiger partial charge >= 0.3 is 0 Å². The van der Waals surface area contributed by atoms with E-state index in [1.807, 2.05) is 20.8 Å². The second-order valence-corrected chi connectivity index (χ2v) is 12.5. The predicted octanol–water partition coefficient (Wildman–Crippen LogP) is 6.09. The Hall–Kier alpha value is -2.78. The molecule has 7 nitrogen and oxygen atoms in total. The van der Waals surface area contributed by atoms with Crippen molar-refractivity contribution in [1.29, 1.82) is 0 Å². The van der Waals surface area contributed by atoms with Gasteiger partial charge in [0, 0.05) is 17.6 Å². The number of nitrogens with one attached hydrogen (secondary N) is 1. The average Bonchev–Trinajstić information content (AvgIpc) is 2.88. The van der Waals surface area contributed by atoms with Crippen LogP contribution in [0, 0.1) is 6.92 Å². The smallest absolute Gasteiger partial charge is 0.264 e. The highest BCUT2D eigenvalue weighted by atomic mass is 35.5. The maximum Gasteiger partial charge on any atom is 0.264 e. The maximum atomic E-state index is 13.9. The molecule has 0 radical (unpaired) electrons. The molecule has 3 aromatic carbocycles. The fourth-order valence-electron chi connectivity index (χ4n) is 3.78. The van der Waals surface area contributed by atoms with Gasteiger partial charge in [0.25, 0.3) is 10.0 Å². The molecule has 2 amide bonds. The quantitative estimate of drug-likeness (QED) is 0.301. The van der Waals surface area contributed by atoms with E-state index in [-0.39, 0.29) is 39.1 Å². The number of halogens is 3. The SMILES string of the molecule is Cc1ccc(S(=O)(=O)N(CC(=O)N(Cc2ccc(Cl)cc2)C(C)C(=O)NC(C)C)c2ccc(Cl)c(Cl)c2)cc1. The molecule has 0 aliphatic carbocycles. The molecular formula is C28H30Cl3N3O4S. The van der Waals surface area contributed by atoms with E-state index >= 15 is 0 Å². The predicted molar refractivity (Wildman–Crippen MR) is 157 cm³/mol. The molecule has 0 saturated carbocycles. The van der Waals surface area contributed by atoms with Crippen molar-refractivity contribution < 1.29 is 18.0 Å². The van der Waals surface area contributed by atoms with Crippen LogP contribution < -0.4 is 9.62 Å². The highest BCUT2D eigenvalue weighted by molar-refractivity contribution is 7.92. The van der Waals surface area contributed by atoms with E-state index < -0.39 is 28.5 Å². The minimum atomic E-state index is -4.21. The molecule has 0 aliphatic heterocycles. The molecule has 3 rings (SSSR count). The van der Waals surface area contributed by atoms with Crippen LogP contribution in [0.1, 0.15) is 31.9 Å². The van der Waals surface area contributed by atoms with Gasteiger partial charge in [0.1, 0.15) is 12.6 Å². The van der Waals surface area contributed by atoms with E-state index in [2.05, 4.69) is 5.32 Å². The first-order valence-corrected chi connectivity index (χ1v) is 14.8. The van der Waals surface area contributed by atoms with Crippen molar-refractivity contribution in [2.45, 2.75) is 51.2 Å². The molecular weight excluding hydrogens is 581 g/mol. The van der Waals surface area contributed by atoms with E-state index in [0.29, 0.717) is 5.02 Å². The number of amides is 2. The fourth-order valence-corrected chi connectivity index (χ4v) is 5.60. The first-order chi connectivity index (χ1) is 18.3. The first-order valence-electron chi connectivity index (χ1n) is 12.2. The lowest BCUT2D eigenvalue weighted by Crippen LogP contribution is -2.52. The van der Waals surface area contributed by atoms with Crippen LogP contribution in [0.5, 0.6) is 0 Å². The van der Waals surface area contributed by atoms with Crippen molar-refractivity contribution in [3.63, 3.8) is 0 Å². The number of benzene rings is 3. The fraction of sp³-hybridized carbons (Fsp3) is 0.286. The first kappa shape index (κ1) is 30.8. The summed E-state index contributed by atoms with van der Waals surface area (Å²) in [6.07, 6.45) is 0. The minimum absolute atomic E-state index is 0.00169. The molecule has 0 spiro atoms. The number of carbonyl (C=O) groups excluding carboxylic acids is 2. The summed E-state index contributed by atoms with van der Waals surface area (Å²) in [5, 5.41) is 3.71. The van der Waals surface area contributed by atoms with E-state index in [1.54, 1.807) is 43.3 Å². The Morgan fingerprint density at radius 2 is 1.49 bits per heavy atom. The Balaban J connectivity index is 2.05. The summed E-state index contributed by atoms with van der Waals surface area (Å²) in [5.74, 6) is -0.951. The van der Waals surface area contributed by atoms with Crippen LogP contribution in [0.25, 0.3) is 0 Å². The largest absolute Gasteiger partial charge is 0.352 e. The third kappa shape index (κ3) is 7.88. The van der Waals surface area contributed by atoms with Gasteiger partial charge < -0.3 is 10.2 Å². The number of sulfonamides is 1. The Bertz CT molecular complexity index is 1430. The summed E-state index contributed by atoms with van der Waals surface area (Å²) in [6, 6.07) is 16.4. The highest BCUT2D eigenvalue weighted by Gasteiger charge is 2.33. The second-order valence-electron chi connectivity index (χ2n) is 9.41. The van der Waals surface area contributed by atoms with Gasteiger partial charge in [0.2, 0.25) is 11.8 Å². The van der Waals surface area contributed by atoms with E-state index in [0.717, 1.165) is 15.4 Å². The van der Waals surface area contributed by atoms with Crippen molar-refractivity contribution >= 4 is 62.3 Å². The van der Waals surface area contributed by atoms with Crippen LogP contribution in [0.15, 0.2) is 71.6 Å². The van der Waals surface area contributed by atoms with Crippen LogP contribution >= 0.6 is 34.8 Å². The standard InChI is InChI=1S/C28H30Cl3N3O4S/c1-18(2)32-28(36)20(4)33(16-21-7-9-22(29)10-8-21)27(35)17-34(23-11-14-25(30)26(31)15-23)39(37,38)24-12-5-19(3)6-13-24/h5-15,18,20H,16-17H2,1-4H3,(H,32,36). The lowest BCUT2D eigenvalue weighted by atomic mass is 10.1. The second kappa shape index (κ2) is 13.0. The summed E-state index contributed by atoms with van der Waals surface area (Å²) < 4.78 is 28.6. The van der Waals surface area contributed by atoms with Crippen LogP contribution in [-0.2, 0) is 26.2 Å². The van der Waals surface area contributed by atoms with Gasteiger partial charge in [-0.05, 0) is 75.7 Å². The van der Waals surface area contributed by atoms with E-state index in [1.165, 1.54) is 35.2 Å². The summed E-state index contributed by atoms with van der Waals surface area (Å²) in [6.45, 7) is 6.55. The molecule has 0 aliphatic rings. The third-order valence-corrected chi connectivity index (χ3v) is 8.72. The van der Waals surface area contributed by atoms with Crippen LogP contribution in [0.2, 0.25) is 15.1 Å². The normalized spacial score (nSPS) is 12.2. The zero-order valence-corrected chi connectivity index (χ0v) is 25.1. The van der Waals surface area contributed by atoms with Crippen LogP contribution in [0.4, 0.5) is 5.69 Å². The van der Waals surface area contributed by atoms with Crippen LogP contribution in [-0.4, -0.2) is 43.8 Å². The molecule has 11 heteroatoms. The zero-order valence-electron chi connectivity index (χ0n) is 22.0. The highest BCUT2D eigenvalue weighted by Crippen LogP contribution is 2.31. The van der Waals surface area contributed by atoms with Crippen LogP contribution in [0.3, 0.4) is 0 Å². The molecule has 0 aromatic heterocycles. The number of carbonyl (C=O) groups is 2. The van der Waals surface area contributed by atoms with Gasteiger partial charge in [-0.25, -0.2) is 8.42 Å². The molecule has 0 heterocycles. The number of hydrogen-bond acceptors (Lipinski definition) is 4. The van der Waals surface area contributed by atoms with Gasteiger partial charge in [-0.1, -0.05) is 64.6 Å². The summed E-state index contributed by atoms with van der Waals surface area (Å²) >= 11 is 18.3. The molecule has 1 atom stereocenters. The molecule has 208 valence electrons. The number of anilines is 1. The maximum absolute atomic E-state index is 13.9. The lowest BCUT2D eigenvalue weighted by Gasteiger charge is -2.32. The Morgan fingerprint density at radius 3 is 2.05 bits per heavy atom. The van der Waals surface area contributed by atoms with Gasteiger partial charge in [-0.15, -0.1) is 0 Å². The van der Waals surface area contributed by atoms with Gasteiger partial charge in [0.05, 0.1) is 20.6 Å². The Kier molecular flexibility index (Phi) is 10.3. The van der Waals surface area contributed by atoms with Gasteiger partial charge in [-0.3, -0.25) is 13.9 Å². The third-order valence-electron chi connectivity index (χ3n) is 5.94. The summed E-state index contributed by atoms with van der Waals surface area (Å²) in [5.41, 5.74) is 1.76. The zero-order chi connectivity index (χ0) is 28.9. The molecule has 0 fully saturated rings. The number of nitrogens with zero attached hydrogens (tertiary/aromatic N) is 2. The molecule has 1 N–H and O–H groups in total. The average molecular weight is 611 g/mol. The van der Waals surface area contributed by atoms with Crippen molar-refractivity contribution in [3.8, 4) is 0 Å². The molecule has 1 unspecified atom stereocenters. The number of rotatable bonds is 10. The van der Waals surface area contributed by atoms with Crippen molar-refractivity contribution in [2.75, 3.05) is 10.8 Å². The van der Waals surface area contributed by atoms with E-state index in [4.69, 9.17) is 34.8 Å². The summed E-state index contributed by atoms with van der Waals surface area (Å²) in [7, 11) is -4.21. The molecule has 39 heavy (non-hydrogen) atoms. The minimum Gasteiger partial charge on any atom is -0.352 e. The topological polar surface area (TPSA) is 86.8 Å². The van der Waals surface area contributed by atoms with Crippen molar-refractivity contribution in [1.82, 2.24) is 10.2 Å². The molecule has 0 bridgehead atoms. The molecule has 3 aromatic rings. The monoisotopic (exact) mass is 609 g/mol. The van der Waals surface area contributed by atoms with Crippen molar-refractivity contribution in [2.24, 2.45) is 0 Å². The van der Waals surface area contributed by atoms with Crippen molar-refractivity contribution in [3.05, 3.63) is 92.9 Å². The van der Waals surface area contributed by atoms with E-state index in [9.17, 15) is 18.0 Å². The number of aryl methyl sites for hydroxylation is 1. The molecule has 0 saturated heterocycles. The van der Waals surface area contributed by atoms with Gasteiger partial charge in [0.15, 0.2) is 0 Å². The van der Waals surface area contributed by atoms with Gasteiger partial charge in [-0.2, -0.15) is 0 Å². The lowest BCUT2D eigenvalue weighted by molar-refractivity contribution is -0.139. The Morgan fingerprint density at radius 1 is 0.872 bits per heavy atom. The summed E-state index contributed by atoms with van der Waals surface area (Å²) in [4.78, 5) is 28.2.